The number of hydrogen-bond donors (Lipinski definition) is 3. The Morgan fingerprint density at radius 2 is 2.13 bits per heavy atom. The van der Waals surface area contributed by atoms with Crippen molar-refractivity contribution in [3.63, 3.8) is 0 Å². The van der Waals surface area contributed by atoms with E-state index in [9.17, 15) is 9.90 Å². The number of aromatic nitrogens is 5. The number of aromatic hydroxyl groups is 1. The summed E-state index contributed by atoms with van der Waals surface area (Å²) in [5.41, 5.74) is 8.95. The van der Waals surface area contributed by atoms with Gasteiger partial charge in [-0.05, 0) is 41.6 Å². The second-order valence-electron chi connectivity index (χ2n) is 6.13. The van der Waals surface area contributed by atoms with Crippen LogP contribution in [0.25, 0.3) is 5.82 Å². The van der Waals surface area contributed by atoms with Gasteiger partial charge in [-0.1, -0.05) is 30.7 Å². The third kappa shape index (κ3) is 5.48. The SMILES string of the molecule is CCN(CC)Cc1nnn(-c2nonc2N)c1C(=O)N/N=C/c1cc(Cl)ccc1O.Cl. The number of hydrazone groups is 1. The molecule has 0 bridgehead atoms. The number of carbonyl (C=O) groups excluding carboxylic acids is 1. The zero-order valence-corrected chi connectivity index (χ0v) is 18.3. The minimum atomic E-state index is -0.609. The van der Waals surface area contributed by atoms with E-state index in [-0.39, 0.29) is 35.5 Å². The van der Waals surface area contributed by atoms with Gasteiger partial charge in [0, 0.05) is 17.1 Å². The lowest BCUT2D eigenvalue weighted by atomic mass is 10.2. The largest absolute Gasteiger partial charge is 0.507 e. The molecule has 3 rings (SSSR count). The van der Waals surface area contributed by atoms with Crippen LogP contribution in [-0.4, -0.2) is 60.5 Å². The molecule has 14 heteroatoms. The minimum absolute atomic E-state index is 0. The molecule has 0 spiro atoms. The number of phenolic OH excluding ortho intramolecular Hbond substituents is 1. The Balaban J connectivity index is 0.00000341. The summed E-state index contributed by atoms with van der Waals surface area (Å²) in [6.45, 7) is 5.87. The molecule has 0 atom stereocenters. The van der Waals surface area contributed by atoms with E-state index < -0.39 is 5.91 Å². The highest BCUT2D eigenvalue weighted by Gasteiger charge is 2.25. The zero-order valence-electron chi connectivity index (χ0n) is 16.7. The highest BCUT2D eigenvalue weighted by atomic mass is 35.5. The van der Waals surface area contributed by atoms with E-state index in [1.165, 1.54) is 24.4 Å². The van der Waals surface area contributed by atoms with Crippen LogP contribution in [0, 0.1) is 0 Å². The summed E-state index contributed by atoms with van der Waals surface area (Å²) in [4.78, 5) is 15.0. The fourth-order valence-electron chi connectivity index (χ4n) is 2.63. The molecule has 4 N–H and O–H groups in total. The Morgan fingerprint density at radius 1 is 1.39 bits per heavy atom. The average Bonchev–Trinajstić information content (AvgIpc) is 3.34. The van der Waals surface area contributed by atoms with Gasteiger partial charge in [0.25, 0.3) is 5.91 Å². The van der Waals surface area contributed by atoms with Crippen LogP contribution in [0.3, 0.4) is 0 Å². The molecule has 2 heterocycles. The standard InChI is InChI=1S/C17H20ClN9O3.ClH/c1-3-26(4-2)9-12-14(27(25-21-12)16-15(19)23-30-24-16)17(29)22-20-8-10-7-11(18)5-6-13(10)28;/h5-8,28H,3-4,9H2,1-2H3,(H2,19,23)(H,22,29);1H/b20-8+;. The molecule has 0 unspecified atom stereocenters. The monoisotopic (exact) mass is 469 g/mol. The van der Waals surface area contributed by atoms with Crippen LogP contribution in [0.4, 0.5) is 5.82 Å². The summed E-state index contributed by atoms with van der Waals surface area (Å²) in [6, 6.07) is 4.46. The summed E-state index contributed by atoms with van der Waals surface area (Å²) in [6.07, 6.45) is 1.27. The van der Waals surface area contributed by atoms with Crippen molar-refractivity contribution in [1.82, 2.24) is 35.6 Å². The van der Waals surface area contributed by atoms with Gasteiger partial charge in [-0.15, -0.1) is 17.5 Å². The molecule has 0 fully saturated rings. The fraction of sp³-hybridized carbons (Fsp3) is 0.294. The predicted octanol–water partition coefficient (Wildman–Crippen LogP) is 1.62. The van der Waals surface area contributed by atoms with Crippen LogP contribution in [0.2, 0.25) is 5.02 Å². The van der Waals surface area contributed by atoms with Crippen molar-refractivity contribution in [2.24, 2.45) is 5.10 Å². The molecule has 0 aliphatic heterocycles. The van der Waals surface area contributed by atoms with E-state index in [1.54, 1.807) is 0 Å². The number of nitrogen functional groups attached to an aromatic ring is 1. The van der Waals surface area contributed by atoms with Crippen molar-refractivity contribution >= 4 is 41.9 Å². The van der Waals surface area contributed by atoms with Crippen molar-refractivity contribution in [2.75, 3.05) is 18.8 Å². The van der Waals surface area contributed by atoms with E-state index in [0.717, 1.165) is 17.8 Å². The Kier molecular flexibility index (Phi) is 8.30. The van der Waals surface area contributed by atoms with Crippen LogP contribution in [0.15, 0.2) is 27.9 Å². The molecule has 0 saturated carbocycles. The number of anilines is 1. The van der Waals surface area contributed by atoms with Crippen molar-refractivity contribution in [3.05, 3.63) is 40.2 Å². The molecule has 1 aromatic carbocycles. The number of nitrogens with zero attached hydrogens (tertiary/aromatic N) is 7. The highest BCUT2D eigenvalue weighted by molar-refractivity contribution is 6.30. The topological polar surface area (TPSA) is 161 Å². The molecule has 0 aliphatic rings. The number of nitrogens with two attached hydrogens (primary N) is 1. The van der Waals surface area contributed by atoms with Gasteiger partial charge in [-0.2, -0.15) is 9.78 Å². The molecule has 31 heavy (non-hydrogen) atoms. The smallest absolute Gasteiger partial charge is 0.292 e. The van der Waals surface area contributed by atoms with Crippen molar-refractivity contribution < 1.29 is 14.5 Å². The quantitative estimate of drug-likeness (QED) is 0.328. The third-order valence-corrected chi connectivity index (χ3v) is 4.51. The van der Waals surface area contributed by atoms with Crippen LogP contribution < -0.4 is 11.2 Å². The molecule has 1 amide bonds. The summed E-state index contributed by atoms with van der Waals surface area (Å²) in [5, 5.41) is 29.4. The Labute approximate surface area is 188 Å². The molecule has 12 nitrogen and oxygen atoms in total. The Hall–Kier alpha value is -3.22. The number of benzene rings is 1. The maximum atomic E-state index is 12.9. The first-order chi connectivity index (χ1) is 14.4. The minimum Gasteiger partial charge on any atom is -0.507 e. The summed E-state index contributed by atoms with van der Waals surface area (Å²) in [7, 11) is 0. The van der Waals surface area contributed by atoms with Gasteiger partial charge in [0.15, 0.2) is 5.69 Å². The number of rotatable bonds is 8. The zero-order chi connectivity index (χ0) is 21.7. The fourth-order valence-corrected chi connectivity index (χ4v) is 2.81. The first kappa shape index (κ1) is 24.1. The molecular formula is C17H21Cl2N9O3. The third-order valence-electron chi connectivity index (χ3n) is 4.28. The number of nitrogens with one attached hydrogen (secondary N) is 1. The Bertz CT molecular complexity index is 1060. The molecule has 166 valence electrons. The second kappa shape index (κ2) is 10.7. The Morgan fingerprint density at radius 3 is 2.77 bits per heavy atom. The number of carbonyl (C=O) groups is 1. The second-order valence-corrected chi connectivity index (χ2v) is 6.57. The molecule has 2 aromatic heterocycles. The summed E-state index contributed by atoms with van der Waals surface area (Å²) in [5.74, 6) is -0.652. The van der Waals surface area contributed by atoms with Crippen LogP contribution in [-0.2, 0) is 6.54 Å². The van der Waals surface area contributed by atoms with E-state index in [1.807, 2.05) is 13.8 Å². The van der Waals surface area contributed by atoms with Crippen LogP contribution in [0.5, 0.6) is 5.75 Å². The van der Waals surface area contributed by atoms with Gasteiger partial charge < -0.3 is 10.8 Å². The van der Waals surface area contributed by atoms with Crippen LogP contribution in [0.1, 0.15) is 35.6 Å². The normalized spacial score (nSPS) is 11.1. The van der Waals surface area contributed by atoms with Crippen LogP contribution >= 0.6 is 24.0 Å². The van der Waals surface area contributed by atoms with Crippen molar-refractivity contribution in [3.8, 4) is 11.6 Å². The van der Waals surface area contributed by atoms with E-state index in [0.29, 0.717) is 22.8 Å². The lowest BCUT2D eigenvalue weighted by Crippen LogP contribution is -2.27. The highest BCUT2D eigenvalue weighted by Crippen LogP contribution is 2.20. The lowest BCUT2D eigenvalue weighted by molar-refractivity contribution is 0.0945. The maximum Gasteiger partial charge on any atom is 0.292 e. The number of phenols is 1. The van der Waals surface area contributed by atoms with Gasteiger partial charge >= 0.3 is 0 Å². The first-order valence-corrected chi connectivity index (χ1v) is 9.39. The predicted molar refractivity (Wildman–Crippen MR) is 116 cm³/mol. The van der Waals surface area contributed by atoms with Crippen molar-refractivity contribution in [1.29, 1.82) is 0 Å². The molecule has 3 aromatic rings. The van der Waals surface area contributed by atoms with Gasteiger partial charge in [-0.3, -0.25) is 9.69 Å². The molecule has 0 radical (unpaired) electrons. The van der Waals surface area contributed by atoms with E-state index in [2.05, 4.69) is 40.7 Å². The molecule has 0 aliphatic carbocycles. The maximum absolute atomic E-state index is 12.9. The average molecular weight is 470 g/mol. The van der Waals surface area contributed by atoms with Gasteiger partial charge in [-0.25, -0.2) is 10.1 Å². The van der Waals surface area contributed by atoms with Gasteiger partial charge in [0.1, 0.15) is 11.4 Å². The number of halogens is 2. The van der Waals surface area contributed by atoms with E-state index in [4.69, 9.17) is 17.3 Å². The molecular weight excluding hydrogens is 449 g/mol. The first-order valence-electron chi connectivity index (χ1n) is 9.01. The van der Waals surface area contributed by atoms with Gasteiger partial charge in [0.2, 0.25) is 11.6 Å². The van der Waals surface area contributed by atoms with Gasteiger partial charge in [0.05, 0.1) is 6.21 Å². The lowest BCUT2D eigenvalue weighted by Gasteiger charge is -2.16. The molecule has 0 saturated heterocycles. The summed E-state index contributed by atoms with van der Waals surface area (Å²) < 4.78 is 5.75. The number of hydrogen-bond acceptors (Lipinski definition) is 10. The van der Waals surface area contributed by atoms with E-state index >= 15 is 0 Å². The van der Waals surface area contributed by atoms with Crippen molar-refractivity contribution in [2.45, 2.75) is 20.4 Å². The summed E-state index contributed by atoms with van der Waals surface area (Å²) >= 11 is 5.91. The number of amides is 1.